The molecule has 0 aliphatic carbocycles. The van der Waals surface area contributed by atoms with Crippen molar-refractivity contribution in [1.82, 2.24) is 0 Å². The molecule has 1 atom stereocenters. The summed E-state index contributed by atoms with van der Waals surface area (Å²) in [6.07, 6.45) is 2.11. The van der Waals surface area contributed by atoms with Crippen LogP contribution < -0.4 is 5.32 Å². The maximum absolute atomic E-state index is 8.78. The Morgan fingerprint density at radius 1 is 1.53 bits per heavy atom. The lowest BCUT2D eigenvalue weighted by Gasteiger charge is -2.35. The van der Waals surface area contributed by atoms with Crippen LogP contribution in [0.3, 0.4) is 0 Å². The molecule has 4 heteroatoms. The zero-order valence-corrected chi connectivity index (χ0v) is 10.5. The van der Waals surface area contributed by atoms with Gasteiger partial charge in [-0.25, -0.2) is 0 Å². The quantitative estimate of drug-likeness (QED) is 0.877. The van der Waals surface area contributed by atoms with Crippen LogP contribution >= 0.6 is 11.6 Å². The predicted octanol–water partition coefficient (Wildman–Crippen LogP) is 3.19. The highest BCUT2D eigenvalue weighted by Crippen LogP contribution is 2.29. The summed E-state index contributed by atoms with van der Waals surface area (Å²) in [5, 5.41) is 12.8. The van der Waals surface area contributed by atoms with Crippen molar-refractivity contribution < 1.29 is 4.74 Å². The number of nitrogens with one attached hydrogen (secondary N) is 1. The first-order valence-electron chi connectivity index (χ1n) is 5.69. The van der Waals surface area contributed by atoms with Gasteiger partial charge < -0.3 is 10.1 Å². The third-order valence-corrected chi connectivity index (χ3v) is 3.29. The molecule has 0 radical (unpaired) electrons. The summed E-state index contributed by atoms with van der Waals surface area (Å²) in [4.78, 5) is 0. The highest BCUT2D eigenvalue weighted by atomic mass is 35.5. The van der Waals surface area contributed by atoms with Gasteiger partial charge in [-0.15, -0.1) is 0 Å². The summed E-state index contributed by atoms with van der Waals surface area (Å²) in [5.74, 6) is 0. The van der Waals surface area contributed by atoms with E-state index in [0.717, 1.165) is 25.1 Å². The van der Waals surface area contributed by atoms with E-state index in [1.807, 2.05) is 6.07 Å². The predicted molar refractivity (Wildman–Crippen MR) is 68.2 cm³/mol. The second-order valence-electron chi connectivity index (χ2n) is 4.65. The van der Waals surface area contributed by atoms with Crippen LogP contribution in [0, 0.1) is 11.3 Å². The van der Waals surface area contributed by atoms with E-state index in [9.17, 15) is 0 Å². The third-order valence-electron chi connectivity index (χ3n) is 2.97. The molecule has 0 amide bonds. The van der Waals surface area contributed by atoms with Crippen molar-refractivity contribution in [3.05, 3.63) is 28.8 Å². The molecule has 1 aliphatic heterocycles. The fourth-order valence-electron chi connectivity index (χ4n) is 2.04. The van der Waals surface area contributed by atoms with Crippen LogP contribution in [0.15, 0.2) is 18.2 Å². The lowest BCUT2D eigenvalue weighted by atomic mass is 9.94. The van der Waals surface area contributed by atoms with Crippen LogP contribution in [0.25, 0.3) is 0 Å². The van der Waals surface area contributed by atoms with Crippen molar-refractivity contribution in [2.75, 3.05) is 18.5 Å². The van der Waals surface area contributed by atoms with Crippen molar-refractivity contribution in [2.45, 2.75) is 25.3 Å². The minimum absolute atomic E-state index is 0.0734. The van der Waals surface area contributed by atoms with E-state index >= 15 is 0 Å². The SMILES string of the molecule is CC1(Nc2ccc(C#N)cc2Cl)CCCOC1. The Bertz CT molecular complexity index is 447. The maximum atomic E-state index is 8.78. The smallest absolute Gasteiger partial charge is 0.0992 e. The Morgan fingerprint density at radius 2 is 2.35 bits per heavy atom. The standard InChI is InChI=1S/C13H15ClN2O/c1-13(5-2-6-17-9-13)16-12-4-3-10(8-15)7-11(12)14/h3-4,7,16H,2,5-6,9H2,1H3. The van der Waals surface area contributed by atoms with E-state index in [1.54, 1.807) is 12.1 Å². The zero-order chi connectivity index (χ0) is 12.3. The number of nitrogens with zero attached hydrogens (tertiary/aromatic N) is 1. The van der Waals surface area contributed by atoms with Gasteiger partial charge in [0.1, 0.15) is 0 Å². The van der Waals surface area contributed by atoms with Crippen LogP contribution in [-0.4, -0.2) is 18.8 Å². The highest BCUT2D eigenvalue weighted by molar-refractivity contribution is 6.33. The molecule has 1 aliphatic rings. The fourth-order valence-corrected chi connectivity index (χ4v) is 2.27. The molecule has 1 aromatic rings. The Kier molecular flexibility index (Phi) is 3.56. The molecule has 1 heterocycles. The molecule has 0 aromatic heterocycles. The Hall–Kier alpha value is -1.24. The van der Waals surface area contributed by atoms with E-state index in [4.69, 9.17) is 21.6 Å². The molecular weight excluding hydrogens is 236 g/mol. The number of nitriles is 1. The largest absolute Gasteiger partial charge is 0.379 e. The molecule has 1 fully saturated rings. The minimum atomic E-state index is -0.0734. The summed E-state index contributed by atoms with van der Waals surface area (Å²) in [7, 11) is 0. The summed E-state index contributed by atoms with van der Waals surface area (Å²) in [6.45, 7) is 3.64. The minimum Gasteiger partial charge on any atom is -0.379 e. The van der Waals surface area contributed by atoms with Crippen molar-refractivity contribution in [3.63, 3.8) is 0 Å². The molecule has 1 N–H and O–H groups in total. The summed E-state index contributed by atoms with van der Waals surface area (Å²) >= 11 is 6.13. The van der Waals surface area contributed by atoms with Gasteiger partial charge >= 0.3 is 0 Å². The number of hydrogen-bond acceptors (Lipinski definition) is 3. The maximum Gasteiger partial charge on any atom is 0.0992 e. The highest BCUT2D eigenvalue weighted by Gasteiger charge is 2.27. The monoisotopic (exact) mass is 250 g/mol. The van der Waals surface area contributed by atoms with Gasteiger partial charge in [0.25, 0.3) is 0 Å². The average molecular weight is 251 g/mol. The van der Waals surface area contributed by atoms with E-state index in [-0.39, 0.29) is 5.54 Å². The van der Waals surface area contributed by atoms with Crippen molar-refractivity contribution in [1.29, 1.82) is 5.26 Å². The molecule has 17 heavy (non-hydrogen) atoms. The van der Waals surface area contributed by atoms with Gasteiger partial charge in [0.05, 0.1) is 34.5 Å². The van der Waals surface area contributed by atoms with E-state index in [0.29, 0.717) is 17.2 Å². The molecule has 0 spiro atoms. The van der Waals surface area contributed by atoms with Gasteiger partial charge in [0.15, 0.2) is 0 Å². The van der Waals surface area contributed by atoms with Crippen molar-refractivity contribution in [3.8, 4) is 6.07 Å². The number of ether oxygens (including phenoxy) is 1. The Labute approximate surface area is 106 Å². The molecule has 90 valence electrons. The second kappa shape index (κ2) is 4.95. The van der Waals surface area contributed by atoms with Gasteiger partial charge in [0, 0.05) is 6.61 Å². The normalized spacial score (nSPS) is 24.1. The number of anilines is 1. The van der Waals surface area contributed by atoms with Crippen LogP contribution in [0.5, 0.6) is 0 Å². The van der Waals surface area contributed by atoms with E-state index < -0.39 is 0 Å². The molecule has 0 saturated carbocycles. The first-order chi connectivity index (χ1) is 8.13. The zero-order valence-electron chi connectivity index (χ0n) is 9.79. The van der Waals surface area contributed by atoms with Crippen LogP contribution in [0.1, 0.15) is 25.3 Å². The van der Waals surface area contributed by atoms with Gasteiger partial charge in [-0.05, 0) is 38.0 Å². The molecule has 1 aromatic carbocycles. The third kappa shape index (κ3) is 2.91. The molecule has 1 unspecified atom stereocenters. The average Bonchev–Trinajstić information content (AvgIpc) is 2.32. The van der Waals surface area contributed by atoms with Crippen LogP contribution in [-0.2, 0) is 4.74 Å². The van der Waals surface area contributed by atoms with Gasteiger partial charge in [-0.2, -0.15) is 5.26 Å². The van der Waals surface area contributed by atoms with E-state index in [2.05, 4.69) is 18.3 Å². The fraction of sp³-hybridized carbons (Fsp3) is 0.462. The number of hydrogen-bond donors (Lipinski definition) is 1. The van der Waals surface area contributed by atoms with Crippen LogP contribution in [0.2, 0.25) is 5.02 Å². The molecule has 0 bridgehead atoms. The van der Waals surface area contributed by atoms with Crippen LogP contribution in [0.4, 0.5) is 5.69 Å². The first kappa shape index (κ1) is 12.2. The molecule has 1 saturated heterocycles. The number of halogens is 1. The van der Waals surface area contributed by atoms with Gasteiger partial charge in [-0.3, -0.25) is 0 Å². The number of rotatable bonds is 2. The second-order valence-corrected chi connectivity index (χ2v) is 5.06. The summed E-state index contributed by atoms with van der Waals surface area (Å²) in [6, 6.07) is 7.36. The first-order valence-corrected chi connectivity index (χ1v) is 6.06. The lowest BCUT2D eigenvalue weighted by molar-refractivity contribution is 0.0540. The van der Waals surface area contributed by atoms with Gasteiger partial charge in [-0.1, -0.05) is 11.6 Å². The summed E-state index contributed by atoms with van der Waals surface area (Å²) in [5.41, 5.74) is 1.36. The van der Waals surface area contributed by atoms with E-state index in [1.165, 1.54) is 0 Å². The Balaban J connectivity index is 2.15. The van der Waals surface area contributed by atoms with Crippen molar-refractivity contribution >= 4 is 17.3 Å². The van der Waals surface area contributed by atoms with Crippen molar-refractivity contribution in [2.24, 2.45) is 0 Å². The lowest BCUT2D eigenvalue weighted by Crippen LogP contribution is -2.43. The topological polar surface area (TPSA) is 45.0 Å². The number of benzene rings is 1. The van der Waals surface area contributed by atoms with Gasteiger partial charge in [0.2, 0.25) is 0 Å². The molecular formula is C13H15ClN2O. The molecule has 2 rings (SSSR count). The Morgan fingerprint density at radius 3 is 2.94 bits per heavy atom. The molecule has 3 nitrogen and oxygen atoms in total. The summed E-state index contributed by atoms with van der Waals surface area (Å²) < 4.78 is 5.48.